The van der Waals surface area contributed by atoms with Crippen LogP contribution in [0.25, 0.3) is 0 Å². The maximum Gasteiger partial charge on any atom is 0.130 e. The highest BCUT2D eigenvalue weighted by atomic mass is 35.5. The Bertz CT molecular complexity index is 355. The van der Waals surface area contributed by atoms with E-state index in [4.69, 9.17) is 11.6 Å². The number of halogens is 1. The van der Waals surface area contributed by atoms with Crippen molar-refractivity contribution in [1.29, 1.82) is 0 Å². The summed E-state index contributed by atoms with van der Waals surface area (Å²) >= 11 is 6.21. The Morgan fingerprint density at radius 1 is 1.60 bits per heavy atom. The predicted molar refractivity (Wildman–Crippen MR) is 62.2 cm³/mol. The molecule has 0 radical (unpaired) electrons. The van der Waals surface area contributed by atoms with E-state index in [1.165, 1.54) is 18.4 Å². The Balaban J connectivity index is 2.14. The first-order valence-corrected chi connectivity index (χ1v) is 5.86. The Kier molecular flexibility index (Phi) is 3.03. The molecule has 15 heavy (non-hydrogen) atoms. The molecule has 1 saturated carbocycles. The zero-order chi connectivity index (χ0) is 11.0. The van der Waals surface area contributed by atoms with Gasteiger partial charge in [-0.15, -0.1) is 0 Å². The third kappa shape index (κ3) is 2.18. The smallest absolute Gasteiger partial charge is 0.130 e. The summed E-state index contributed by atoms with van der Waals surface area (Å²) in [6.45, 7) is 2.03. The number of hydrogen-bond donors (Lipinski definition) is 1. The number of hydrogen-bond acceptors (Lipinski definition) is 2. The molecule has 1 atom stereocenters. The van der Waals surface area contributed by atoms with Crippen molar-refractivity contribution in [1.82, 2.24) is 15.1 Å². The van der Waals surface area contributed by atoms with E-state index < -0.39 is 0 Å². The van der Waals surface area contributed by atoms with Crippen molar-refractivity contribution in [3.63, 3.8) is 0 Å². The van der Waals surface area contributed by atoms with Crippen LogP contribution in [0.5, 0.6) is 0 Å². The van der Waals surface area contributed by atoms with Gasteiger partial charge < -0.3 is 5.32 Å². The van der Waals surface area contributed by atoms with Crippen LogP contribution in [0.1, 0.15) is 24.1 Å². The molecule has 4 heteroatoms. The van der Waals surface area contributed by atoms with E-state index in [1.807, 2.05) is 21.0 Å². The maximum atomic E-state index is 6.21. The Labute approximate surface area is 95.8 Å². The first-order valence-electron chi connectivity index (χ1n) is 5.48. The van der Waals surface area contributed by atoms with Gasteiger partial charge in [0.25, 0.3) is 0 Å². The molecule has 0 spiro atoms. The molecule has 1 aliphatic rings. The van der Waals surface area contributed by atoms with Crippen LogP contribution in [0.4, 0.5) is 0 Å². The van der Waals surface area contributed by atoms with Gasteiger partial charge in [-0.25, -0.2) is 0 Å². The van der Waals surface area contributed by atoms with Crippen LogP contribution in [-0.4, -0.2) is 22.9 Å². The van der Waals surface area contributed by atoms with Crippen molar-refractivity contribution < 1.29 is 0 Å². The van der Waals surface area contributed by atoms with Crippen LogP contribution in [-0.2, 0) is 13.5 Å². The van der Waals surface area contributed by atoms with E-state index in [2.05, 4.69) is 10.4 Å². The van der Waals surface area contributed by atoms with Gasteiger partial charge in [-0.2, -0.15) is 5.10 Å². The summed E-state index contributed by atoms with van der Waals surface area (Å²) in [7, 11) is 3.92. The lowest BCUT2D eigenvalue weighted by molar-refractivity contribution is 0.499. The van der Waals surface area contributed by atoms with Crippen LogP contribution >= 0.6 is 11.6 Å². The zero-order valence-corrected chi connectivity index (χ0v) is 10.3. The molecule has 0 bridgehead atoms. The topological polar surface area (TPSA) is 29.9 Å². The minimum Gasteiger partial charge on any atom is -0.316 e. The summed E-state index contributed by atoms with van der Waals surface area (Å²) in [4.78, 5) is 0. The molecule has 84 valence electrons. The number of rotatable bonds is 4. The lowest BCUT2D eigenvalue weighted by atomic mass is 10.0. The standard InChI is InChI=1S/C11H18ClN3/c1-7-9(11(12)15(3)14-7)6-10(13-2)8-4-5-8/h8,10,13H,4-6H2,1-3H3. The predicted octanol–water partition coefficient (Wildman–Crippen LogP) is 1.92. The van der Waals surface area contributed by atoms with Gasteiger partial charge in [0.05, 0.1) is 5.69 Å². The third-order valence-corrected chi connectivity index (χ3v) is 3.73. The summed E-state index contributed by atoms with van der Waals surface area (Å²) < 4.78 is 1.76. The van der Waals surface area contributed by atoms with Crippen LogP contribution < -0.4 is 5.32 Å². The molecule has 1 unspecified atom stereocenters. The highest BCUT2D eigenvalue weighted by Gasteiger charge is 2.31. The number of nitrogens with zero attached hydrogens (tertiary/aromatic N) is 2. The van der Waals surface area contributed by atoms with Gasteiger partial charge in [-0.05, 0) is 39.2 Å². The second kappa shape index (κ2) is 4.14. The summed E-state index contributed by atoms with van der Waals surface area (Å²) in [6.07, 6.45) is 3.70. The minimum atomic E-state index is 0.561. The van der Waals surface area contributed by atoms with Crippen LogP contribution in [0.15, 0.2) is 0 Å². The lowest BCUT2D eigenvalue weighted by Gasteiger charge is -2.14. The Morgan fingerprint density at radius 2 is 2.27 bits per heavy atom. The molecular weight excluding hydrogens is 210 g/mol. The van der Waals surface area contributed by atoms with Gasteiger partial charge in [0.15, 0.2) is 0 Å². The summed E-state index contributed by atoms with van der Waals surface area (Å²) in [5.74, 6) is 0.839. The average Bonchev–Trinajstić information content (AvgIpc) is 2.98. The fourth-order valence-electron chi connectivity index (χ4n) is 2.13. The van der Waals surface area contributed by atoms with E-state index in [-0.39, 0.29) is 0 Å². The molecule has 1 aromatic rings. The van der Waals surface area contributed by atoms with Crippen molar-refractivity contribution in [3.8, 4) is 0 Å². The highest BCUT2D eigenvalue weighted by Crippen LogP contribution is 2.35. The molecule has 3 nitrogen and oxygen atoms in total. The molecule has 0 saturated heterocycles. The normalized spacial score (nSPS) is 18.1. The largest absolute Gasteiger partial charge is 0.316 e. The Hall–Kier alpha value is -0.540. The van der Waals surface area contributed by atoms with Gasteiger partial charge >= 0.3 is 0 Å². The van der Waals surface area contributed by atoms with Crippen molar-refractivity contribution in [2.24, 2.45) is 13.0 Å². The van der Waals surface area contributed by atoms with Crippen LogP contribution in [0.2, 0.25) is 5.15 Å². The second-order valence-electron chi connectivity index (χ2n) is 4.42. The van der Waals surface area contributed by atoms with E-state index >= 15 is 0 Å². The van der Waals surface area contributed by atoms with Gasteiger partial charge in [-0.1, -0.05) is 11.6 Å². The number of likely N-dealkylation sites (N-methyl/N-ethyl adjacent to an activating group) is 1. The van der Waals surface area contributed by atoms with Gasteiger partial charge in [-0.3, -0.25) is 4.68 Å². The monoisotopic (exact) mass is 227 g/mol. The number of nitrogens with one attached hydrogen (secondary N) is 1. The van der Waals surface area contributed by atoms with E-state index in [0.717, 1.165) is 23.2 Å². The minimum absolute atomic E-state index is 0.561. The van der Waals surface area contributed by atoms with Crippen molar-refractivity contribution >= 4 is 11.6 Å². The molecule has 0 amide bonds. The third-order valence-electron chi connectivity index (χ3n) is 3.26. The van der Waals surface area contributed by atoms with Gasteiger partial charge in [0, 0.05) is 18.7 Å². The fourth-order valence-corrected chi connectivity index (χ4v) is 2.38. The van der Waals surface area contributed by atoms with E-state index in [1.54, 1.807) is 4.68 Å². The number of aryl methyl sites for hydroxylation is 2. The first-order chi connectivity index (χ1) is 7.13. The number of aromatic nitrogens is 2. The second-order valence-corrected chi connectivity index (χ2v) is 4.77. The SMILES string of the molecule is CNC(Cc1c(C)nn(C)c1Cl)C1CC1. The Morgan fingerprint density at radius 3 is 2.67 bits per heavy atom. The molecule has 1 N–H and O–H groups in total. The van der Waals surface area contributed by atoms with Crippen LogP contribution in [0.3, 0.4) is 0 Å². The summed E-state index contributed by atoms with van der Waals surface area (Å²) in [5.41, 5.74) is 2.26. The van der Waals surface area contributed by atoms with Crippen LogP contribution in [0, 0.1) is 12.8 Å². The van der Waals surface area contributed by atoms with Gasteiger partial charge in [0.1, 0.15) is 5.15 Å². The molecule has 2 rings (SSSR count). The summed E-state index contributed by atoms with van der Waals surface area (Å²) in [5, 5.41) is 8.50. The first kappa shape index (κ1) is 11.0. The van der Waals surface area contributed by atoms with Crippen molar-refractivity contribution in [2.45, 2.75) is 32.2 Å². The van der Waals surface area contributed by atoms with Gasteiger partial charge in [0.2, 0.25) is 0 Å². The molecule has 1 aliphatic carbocycles. The van der Waals surface area contributed by atoms with E-state index in [9.17, 15) is 0 Å². The molecule has 0 aromatic carbocycles. The highest BCUT2D eigenvalue weighted by molar-refractivity contribution is 6.30. The quantitative estimate of drug-likeness (QED) is 0.852. The molecule has 0 aliphatic heterocycles. The van der Waals surface area contributed by atoms with Crippen molar-refractivity contribution in [3.05, 3.63) is 16.4 Å². The van der Waals surface area contributed by atoms with E-state index in [0.29, 0.717) is 6.04 Å². The molecule has 1 heterocycles. The average molecular weight is 228 g/mol. The summed E-state index contributed by atoms with van der Waals surface area (Å²) in [6, 6.07) is 0.561. The lowest BCUT2D eigenvalue weighted by Crippen LogP contribution is -2.29. The maximum absolute atomic E-state index is 6.21. The molecule has 1 aromatic heterocycles. The molecule has 1 fully saturated rings. The molecular formula is C11H18ClN3. The van der Waals surface area contributed by atoms with Crippen molar-refractivity contribution in [2.75, 3.05) is 7.05 Å². The fraction of sp³-hybridized carbons (Fsp3) is 0.727. The zero-order valence-electron chi connectivity index (χ0n) is 9.55.